The van der Waals surface area contributed by atoms with Gasteiger partial charge in [0.15, 0.2) is 0 Å². The van der Waals surface area contributed by atoms with Crippen molar-refractivity contribution in [1.29, 1.82) is 0 Å². The number of ether oxygens (including phenoxy) is 1. The third kappa shape index (κ3) is 3.69. The number of carboxylic acids is 1. The summed E-state index contributed by atoms with van der Waals surface area (Å²) in [6.45, 7) is 5.87. The van der Waals surface area contributed by atoms with Gasteiger partial charge in [0, 0.05) is 16.6 Å². The Labute approximate surface area is 160 Å². The van der Waals surface area contributed by atoms with Gasteiger partial charge in [0.25, 0.3) is 0 Å². The highest BCUT2D eigenvalue weighted by Gasteiger charge is 2.59. The van der Waals surface area contributed by atoms with Crippen LogP contribution in [0.15, 0.2) is 23.3 Å². The van der Waals surface area contributed by atoms with Crippen LogP contribution in [0.25, 0.3) is 0 Å². The number of esters is 1. The Morgan fingerprint density at radius 3 is 2.59 bits per heavy atom. The maximum absolute atomic E-state index is 12.4. The molecule has 3 N–H and O–H groups in total. The van der Waals surface area contributed by atoms with Crippen LogP contribution in [0.1, 0.15) is 52.9 Å². The highest BCUT2D eigenvalue weighted by atomic mass is 16.5. The summed E-state index contributed by atoms with van der Waals surface area (Å²) < 4.78 is 4.98. The summed E-state index contributed by atoms with van der Waals surface area (Å²) in [6.07, 6.45) is 5.65. The van der Waals surface area contributed by atoms with Crippen LogP contribution in [0.5, 0.6) is 0 Å². The van der Waals surface area contributed by atoms with E-state index < -0.39 is 23.5 Å². The third-order valence-electron chi connectivity index (χ3n) is 7.25. The summed E-state index contributed by atoms with van der Waals surface area (Å²) in [4.78, 5) is 23.8. The van der Waals surface area contributed by atoms with E-state index in [2.05, 4.69) is 13.8 Å². The molecule has 1 fully saturated rings. The fraction of sp³-hybridized carbons (Fsp3) is 0.714. The van der Waals surface area contributed by atoms with Gasteiger partial charge in [-0.2, -0.15) is 0 Å². The molecule has 5 atom stereocenters. The molecule has 0 heterocycles. The van der Waals surface area contributed by atoms with E-state index in [4.69, 9.17) is 9.84 Å². The Bertz CT molecular complexity index is 651. The second-order valence-electron chi connectivity index (χ2n) is 8.40. The minimum Gasteiger partial charge on any atom is -0.478 e. The number of hydrogen-bond donors (Lipinski definition) is 3. The van der Waals surface area contributed by atoms with Crippen molar-refractivity contribution in [2.75, 3.05) is 13.7 Å². The van der Waals surface area contributed by atoms with Gasteiger partial charge in [-0.05, 0) is 55.4 Å². The molecule has 1 saturated carbocycles. The molecule has 0 aliphatic heterocycles. The maximum atomic E-state index is 12.4. The molecule has 0 bridgehead atoms. The number of aliphatic carboxylic acids is 1. The molecule has 0 radical (unpaired) electrons. The minimum atomic E-state index is -1.02. The number of aliphatic hydroxyl groups is 2. The van der Waals surface area contributed by atoms with Crippen molar-refractivity contribution in [2.24, 2.45) is 22.7 Å². The van der Waals surface area contributed by atoms with Crippen LogP contribution in [0.4, 0.5) is 0 Å². The Morgan fingerprint density at radius 1 is 1.37 bits per heavy atom. The molecule has 27 heavy (non-hydrogen) atoms. The highest BCUT2D eigenvalue weighted by Crippen LogP contribution is 2.62. The summed E-state index contributed by atoms with van der Waals surface area (Å²) in [5, 5.41) is 29.4. The normalized spacial score (nSPS) is 36.6. The van der Waals surface area contributed by atoms with Gasteiger partial charge in [-0.25, -0.2) is 9.59 Å². The molecule has 0 unspecified atom stereocenters. The molecular weight excluding hydrogens is 348 g/mol. The van der Waals surface area contributed by atoms with Crippen LogP contribution in [0.3, 0.4) is 0 Å². The molecule has 6 heteroatoms. The van der Waals surface area contributed by atoms with E-state index in [1.54, 1.807) is 0 Å². The van der Waals surface area contributed by atoms with Crippen LogP contribution >= 0.6 is 0 Å². The maximum Gasteiger partial charge on any atom is 0.334 e. The van der Waals surface area contributed by atoms with E-state index in [0.717, 1.165) is 12.8 Å². The minimum absolute atomic E-state index is 0.0343. The van der Waals surface area contributed by atoms with Gasteiger partial charge in [0.2, 0.25) is 0 Å². The molecule has 2 aliphatic rings. The first-order valence-electron chi connectivity index (χ1n) is 9.63. The number of hydrogen-bond acceptors (Lipinski definition) is 5. The lowest BCUT2D eigenvalue weighted by Gasteiger charge is -2.59. The average Bonchev–Trinajstić information content (AvgIpc) is 2.62. The zero-order chi connectivity index (χ0) is 20.4. The van der Waals surface area contributed by atoms with Gasteiger partial charge in [0.1, 0.15) is 0 Å². The van der Waals surface area contributed by atoms with Crippen molar-refractivity contribution in [3.05, 3.63) is 23.3 Å². The fourth-order valence-corrected chi connectivity index (χ4v) is 5.36. The number of methoxy groups -OCH3 is 1. The van der Waals surface area contributed by atoms with E-state index >= 15 is 0 Å². The molecule has 6 nitrogen and oxygen atoms in total. The molecule has 152 valence electrons. The van der Waals surface area contributed by atoms with Crippen molar-refractivity contribution in [3.63, 3.8) is 0 Å². The molecule has 0 aromatic rings. The first-order valence-corrected chi connectivity index (χ1v) is 9.63. The van der Waals surface area contributed by atoms with Crippen molar-refractivity contribution in [1.82, 2.24) is 0 Å². The molecule has 2 aliphatic carbocycles. The van der Waals surface area contributed by atoms with E-state index in [0.29, 0.717) is 24.8 Å². The van der Waals surface area contributed by atoms with Crippen molar-refractivity contribution >= 4 is 11.9 Å². The highest BCUT2D eigenvalue weighted by molar-refractivity contribution is 5.90. The second kappa shape index (κ2) is 8.15. The Morgan fingerprint density at radius 2 is 2.04 bits per heavy atom. The number of carbonyl (C=O) groups excluding carboxylic acids is 1. The molecule has 2 rings (SSSR count). The topological polar surface area (TPSA) is 104 Å². The standard InChI is InChI=1S/C21H32O6/c1-13-12-17(23)21(3)15(19(26)27-4)6-5-7-16(21)20(13,2)10-8-14(9-11-22)18(24)25/h6,9,13,16-17,22-23H,5,7-8,10-12H2,1-4H3,(H,24,25)/b14-9-/t13-,16-,17+,20+,21+/m1/s1. The third-order valence-corrected chi connectivity index (χ3v) is 7.25. The van der Waals surface area contributed by atoms with E-state index in [9.17, 15) is 19.8 Å². The monoisotopic (exact) mass is 380 g/mol. The van der Waals surface area contributed by atoms with Gasteiger partial charge in [-0.3, -0.25) is 0 Å². The number of allylic oxidation sites excluding steroid dienone is 1. The largest absolute Gasteiger partial charge is 0.478 e. The fourth-order valence-electron chi connectivity index (χ4n) is 5.36. The van der Waals surface area contributed by atoms with E-state index in [1.807, 2.05) is 13.0 Å². The molecular formula is C21H32O6. The van der Waals surface area contributed by atoms with Gasteiger partial charge in [-0.15, -0.1) is 0 Å². The second-order valence-corrected chi connectivity index (χ2v) is 8.40. The zero-order valence-corrected chi connectivity index (χ0v) is 16.7. The summed E-state index contributed by atoms with van der Waals surface area (Å²) in [5.41, 5.74) is -0.211. The first-order chi connectivity index (χ1) is 12.6. The number of rotatable bonds is 6. The molecule has 0 spiro atoms. The van der Waals surface area contributed by atoms with Crippen LogP contribution in [0.2, 0.25) is 0 Å². The number of carboxylic acid groups (broad SMARTS) is 1. The van der Waals surface area contributed by atoms with Gasteiger partial charge >= 0.3 is 11.9 Å². The lowest BCUT2D eigenvalue weighted by molar-refractivity contribution is -0.151. The van der Waals surface area contributed by atoms with Crippen molar-refractivity contribution in [2.45, 2.75) is 59.0 Å². The number of fused-ring (bicyclic) bond motifs is 1. The van der Waals surface area contributed by atoms with E-state index in [-0.39, 0.29) is 29.4 Å². The van der Waals surface area contributed by atoms with E-state index in [1.165, 1.54) is 13.2 Å². The van der Waals surface area contributed by atoms with Gasteiger partial charge < -0.3 is 20.1 Å². The summed E-state index contributed by atoms with van der Waals surface area (Å²) in [7, 11) is 1.35. The summed E-state index contributed by atoms with van der Waals surface area (Å²) in [5.74, 6) is -1.21. The predicted molar refractivity (Wildman–Crippen MR) is 101 cm³/mol. The van der Waals surface area contributed by atoms with Crippen molar-refractivity contribution < 1.29 is 29.6 Å². The molecule has 0 aromatic heterocycles. The van der Waals surface area contributed by atoms with Gasteiger partial charge in [0.05, 0.1) is 19.8 Å². The van der Waals surface area contributed by atoms with Crippen LogP contribution in [-0.4, -0.2) is 47.1 Å². The first kappa shape index (κ1) is 21.6. The molecule has 0 amide bonds. The predicted octanol–water partition coefficient (Wildman–Crippen LogP) is 2.69. The summed E-state index contributed by atoms with van der Waals surface area (Å²) >= 11 is 0. The molecule has 0 aromatic carbocycles. The number of aliphatic hydroxyl groups excluding tert-OH is 2. The Balaban J connectivity index is 2.39. The summed E-state index contributed by atoms with van der Waals surface area (Å²) in [6, 6.07) is 0. The lowest BCUT2D eigenvalue weighted by Crippen LogP contribution is -2.57. The van der Waals surface area contributed by atoms with Crippen LogP contribution in [0, 0.1) is 22.7 Å². The quantitative estimate of drug-likeness (QED) is 0.483. The zero-order valence-electron chi connectivity index (χ0n) is 16.7. The lowest BCUT2D eigenvalue weighted by atomic mass is 9.45. The average molecular weight is 380 g/mol. The van der Waals surface area contributed by atoms with Gasteiger partial charge in [-0.1, -0.05) is 26.8 Å². The Kier molecular flexibility index (Phi) is 6.53. The molecule has 0 saturated heterocycles. The Hall–Kier alpha value is -1.66. The van der Waals surface area contributed by atoms with Crippen LogP contribution < -0.4 is 0 Å². The SMILES string of the molecule is COC(=O)C1=CCC[C@@H]2[C@@](C)(CC/C(=C/CO)C(=O)O)[C@H](C)C[C@H](O)[C@@]12C. The number of carbonyl (C=O) groups is 2. The van der Waals surface area contributed by atoms with Crippen LogP contribution in [-0.2, 0) is 14.3 Å². The smallest absolute Gasteiger partial charge is 0.334 e. The van der Waals surface area contributed by atoms with Crippen molar-refractivity contribution in [3.8, 4) is 0 Å².